The van der Waals surface area contributed by atoms with Gasteiger partial charge in [0, 0.05) is 19.6 Å². The minimum atomic E-state index is -2.88. The molecule has 0 radical (unpaired) electrons. The van der Waals surface area contributed by atoms with Gasteiger partial charge in [0.1, 0.15) is 9.84 Å². The number of nitrogens with zero attached hydrogens (tertiary/aromatic N) is 3. The van der Waals surface area contributed by atoms with Crippen LogP contribution in [0.15, 0.2) is 18.2 Å². The van der Waals surface area contributed by atoms with Crippen LogP contribution in [0.4, 0.5) is 0 Å². The predicted molar refractivity (Wildman–Crippen MR) is 138 cm³/mol. The molecule has 3 atom stereocenters. The van der Waals surface area contributed by atoms with Gasteiger partial charge in [0.25, 0.3) is 0 Å². The Hall–Kier alpha value is -0.900. The number of carbonyl (C=O) groups excluding carboxylic acids is 1. The summed E-state index contributed by atoms with van der Waals surface area (Å²) in [5.41, 5.74) is 0.872. The van der Waals surface area contributed by atoms with Crippen molar-refractivity contribution in [3.05, 3.63) is 33.8 Å². The highest BCUT2D eigenvalue weighted by molar-refractivity contribution is 7.91. The molecule has 5 rings (SSSR count). The van der Waals surface area contributed by atoms with Crippen LogP contribution in [0.2, 0.25) is 10.0 Å². The Balaban J connectivity index is 1.35. The number of carbonyl (C=O) groups is 1. The summed E-state index contributed by atoms with van der Waals surface area (Å²) in [7, 11) is -2.88. The smallest absolute Gasteiger partial charge is 0.227 e. The molecule has 0 N–H and O–H groups in total. The lowest BCUT2D eigenvalue weighted by molar-refractivity contribution is -0.153. The van der Waals surface area contributed by atoms with Crippen molar-refractivity contribution in [2.45, 2.75) is 50.2 Å². The molecule has 1 amide bonds. The molecule has 0 saturated carbocycles. The van der Waals surface area contributed by atoms with E-state index < -0.39 is 9.84 Å². The van der Waals surface area contributed by atoms with Crippen molar-refractivity contribution in [3.8, 4) is 0 Å². The molecule has 0 aromatic heterocycles. The van der Waals surface area contributed by atoms with Gasteiger partial charge >= 0.3 is 0 Å². The van der Waals surface area contributed by atoms with Gasteiger partial charge in [-0.3, -0.25) is 14.6 Å². The lowest BCUT2D eigenvalue weighted by Crippen LogP contribution is -2.72. The molecule has 194 valence electrons. The van der Waals surface area contributed by atoms with Gasteiger partial charge in [-0.1, -0.05) is 29.3 Å². The summed E-state index contributed by atoms with van der Waals surface area (Å²) in [6, 6.07) is 5.79. The Morgan fingerprint density at radius 3 is 2.40 bits per heavy atom. The largest absolute Gasteiger partial charge is 0.378 e. The number of halogens is 2. The minimum absolute atomic E-state index is 0.0678. The summed E-state index contributed by atoms with van der Waals surface area (Å²) in [6.45, 7) is 5.69. The minimum Gasteiger partial charge on any atom is -0.378 e. The van der Waals surface area contributed by atoms with E-state index >= 15 is 0 Å². The number of ether oxygens (including phenoxy) is 1. The van der Waals surface area contributed by atoms with Crippen LogP contribution in [0.5, 0.6) is 0 Å². The van der Waals surface area contributed by atoms with Gasteiger partial charge in [-0.05, 0) is 62.4 Å². The number of piperazine rings is 1. The van der Waals surface area contributed by atoms with Crippen molar-refractivity contribution in [2.75, 3.05) is 57.4 Å². The summed E-state index contributed by atoms with van der Waals surface area (Å²) in [5, 5.41) is 0.959. The van der Waals surface area contributed by atoms with Gasteiger partial charge in [0.2, 0.25) is 5.91 Å². The molecule has 10 heteroatoms. The number of sulfone groups is 1. The Morgan fingerprint density at radius 1 is 0.971 bits per heavy atom. The van der Waals surface area contributed by atoms with Crippen LogP contribution in [0.1, 0.15) is 31.2 Å². The molecule has 0 aliphatic carbocycles. The average Bonchev–Trinajstić information content (AvgIpc) is 3.37. The first-order valence-corrected chi connectivity index (χ1v) is 15.4. The number of benzene rings is 1. The molecule has 4 saturated heterocycles. The van der Waals surface area contributed by atoms with Crippen molar-refractivity contribution in [1.82, 2.24) is 14.7 Å². The van der Waals surface area contributed by atoms with E-state index in [1.807, 2.05) is 6.07 Å². The van der Waals surface area contributed by atoms with Crippen LogP contribution in [0.3, 0.4) is 0 Å². The van der Waals surface area contributed by atoms with E-state index in [2.05, 4.69) is 14.7 Å². The summed E-state index contributed by atoms with van der Waals surface area (Å²) in [4.78, 5) is 20.7. The van der Waals surface area contributed by atoms with Gasteiger partial charge in [0.15, 0.2) is 0 Å². The number of amides is 1. The number of hydrogen-bond acceptors (Lipinski definition) is 6. The fourth-order valence-corrected chi connectivity index (χ4v) is 8.25. The zero-order chi connectivity index (χ0) is 24.6. The predicted octanol–water partition coefficient (Wildman–Crippen LogP) is 2.74. The molecule has 4 aliphatic heterocycles. The zero-order valence-electron chi connectivity index (χ0n) is 20.1. The number of fused-ring (bicyclic) bond motifs is 1. The van der Waals surface area contributed by atoms with E-state index in [4.69, 9.17) is 27.9 Å². The lowest BCUT2D eigenvalue weighted by atomic mass is 9.89. The Bertz CT molecular complexity index is 1020. The SMILES string of the molecule is O=C(Cc1ccc(Cl)c(Cl)c1)N1CCN(CC2CCS(=O)(=O)CC2)[C@@H]2COCC(N3CCCC3)[C@H]21. The molecule has 0 bridgehead atoms. The third-order valence-corrected chi connectivity index (χ3v) is 10.7. The first kappa shape index (κ1) is 25.7. The highest BCUT2D eigenvalue weighted by Gasteiger charge is 2.48. The van der Waals surface area contributed by atoms with Crippen LogP contribution in [-0.2, 0) is 25.8 Å². The maximum Gasteiger partial charge on any atom is 0.227 e. The second kappa shape index (κ2) is 10.8. The molecule has 4 heterocycles. The van der Waals surface area contributed by atoms with Gasteiger partial charge in [-0.2, -0.15) is 0 Å². The van der Waals surface area contributed by atoms with Crippen LogP contribution in [0.25, 0.3) is 0 Å². The molecular weight excluding hydrogens is 509 g/mol. The summed E-state index contributed by atoms with van der Waals surface area (Å²) < 4.78 is 30.0. The average molecular weight is 545 g/mol. The first-order chi connectivity index (χ1) is 16.8. The molecule has 4 fully saturated rings. The topological polar surface area (TPSA) is 70.2 Å². The van der Waals surface area contributed by atoms with Crippen molar-refractivity contribution in [1.29, 1.82) is 0 Å². The van der Waals surface area contributed by atoms with Crippen LogP contribution in [-0.4, -0.2) is 105 Å². The molecular formula is C25H35Cl2N3O4S. The van der Waals surface area contributed by atoms with E-state index in [0.717, 1.165) is 44.6 Å². The van der Waals surface area contributed by atoms with Gasteiger partial charge in [-0.15, -0.1) is 0 Å². The number of likely N-dealkylation sites (tertiary alicyclic amines) is 1. The summed E-state index contributed by atoms with van der Waals surface area (Å²) >= 11 is 12.3. The van der Waals surface area contributed by atoms with Crippen LogP contribution in [0, 0.1) is 5.92 Å². The molecule has 35 heavy (non-hydrogen) atoms. The molecule has 7 nitrogen and oxygen atoms in total. The van der Waals surface area contributed by atoms with E-state index in [0.29, 0.717) is 53.6 Å². The fourth-order valence-electron chi connectivity index (χ4n) is 6.34. The van der Waals surface area contributed by atoms with E-state index in [-0.39, 0.29) is 24.0 Å². The van der Waals surface area contributed by atoms with Crippen molar-refractivity contribution < 1.29 is 17.9 Å². The van der Waals surface area contributed by atoms with Crippen LogP contribution < -0.4 is 0 Å². The monoisotopic (exact) mass is 543 g/mol. The maximum absolute atomic E-state index is 13.7. The maximum atomic E-state index is 13.7. The molecule has 0 spiro atoms. The number of hydrogen-bond donors (Lipinski definition) is 0. The molecule has 1 aromatic rings. The number of rotatable bonds is 5. The second-order valence-corrected chi connectivity index (χ2v) is 13.6. The van der Waals surface area contributed by atoms with Gasteiger partial charge in [-0.25, -0.2) is 8.42 Å². The highest BCUT2D eigenvalue weighted by atomic mass is 35.5. The third-order valence-electron chi connectivity index (χ3n) is 8.26. The molecule has 1 unspecified atom stereocenters. The standard InChI is InChI=1S/C25H35Cl2N3O4S/c26-20-4-3-19(13-21(20)27)14-24(31)30-10-9-29(15-18-5-11-35(32,33)12-6-18)23-17-34-16-22(25(23)30)28-7-1-2-8-28/h3-4,13,18,22-23,25H,1-2,5-12,14-17H2/t22?,23-,25-/m1/s1. The Morgan fingerprint density at radius 2 is 1.69 bits per heavy atom. The van der Waals surface area contributed by atoms with Crippen LogP contribution >= 0.6 is 23.2 Å². The Labute approximate surface area is 218 Å². The Kier molecular flexibility index (Phi) is 7.97. The highest BCUT2D eigenvalue weighted by Crippen LogP contribution is 2.32. The van der Waals surface area contributed by atoms with E-state index in [9.17, 15) is 13.2 Å². The quantitative estimate of drug-likeness (QED) is 0.568. The second-order valence-electron chi connectivity index (χ2n) is 10.5. The summed E-state index contributed by atoms with van der Waals surface area (Å²) in [6.07, 6.45) is 4.13. The third kappa shape index (κ3) is 5.83. The van der Waals surface area contributed by atoms with Crippen molar-refractivity contribution in [3.63, 3.8) is 0 Å². The fraction of sp³-hybridized carbons (Fsp3) is 0.720. The van der Waals surface area contributed by atoms with Gasteiger partial charge in [0.05, 0.1) is 59.3 Å². The van der Waals surface area contributed by atoms with E-state index in [1.54, 1.807) is 12.1 Å². The summed E-state index contributed by atoms with van der Waals surface area (Å²) in [5.74, 6) is 1.08. The van der Waals surface area contributed by atoms with Crippen molar-refractivity contribution in [2.24, 2.45) is 5.92 Å². The molecule has 4 aliphatic rings. The normalized spacial score (nSPS) is 30.3. The lowest BCUT2D eigenvalue weighted by Gasteiger charge is -2.55. The zero-order valence-corrected chi connectivity index (χ0v) is 22.4. The van der Waals surface area contributed by atoms with Crippen molar-refractivity contribution >= 4 is 38.9 Å². The first-order valence-electron chi connectivity index (χ1n) is 12.8. The van der Waals surface area contributed by atoms with Gasteiger partial charge < -0.3 is 9.64 Å². The van der Waals surface area contributed by atoms with E-state index in [1.165, 1.54) is 12.8 Å². The molecule has 1 aromatic carbocycles.